The molecule has 1 aromatic carbocycles. The van der Waals surface area contributed by atoms with Crippen molar-refractivity contribution in [3.8, 4) is 0 Å². The average molecular weight is 428 g/mol. The van der Waals surface area contributed by atoms with Gasteiger partial charge in [-0.05, 0) is 38.2 Å². The second-order valence-electron chi connectivity index (χ2n) is 8.29. The van der Waals surface area contributed by atoms with Gasteiger partial charge in [0.05, 0.1) is 16.1 Å². The van der Waals surface area contributed by atoms with Crippen LogP contribution >= 0.6 is 0 Å². The van der Waals surface area contributed by atoms with Crippen molar-refractivity contribution in [3.63, 3.8) is 0 Å². The minimum atomic E-state index is -0.614. The molecule has 1 aromatic rings. The standard InChI is InChI=1S/C21H24N4O6/c26-18(22-14-7-10-23(11-8-14)19(27)13-3-4-13)2-1-9-24-20(28)16-6-5-15(25(30)31)12-17(16)21(24)29/h5-6,12-14H,1-4,7-11H2,(H,22,26). The molecule has 164 valence electrons. The minimum absolute atomic E-state index is 0.0237. The quantitative estimate of drug-likeness (QED) is 0.398. The molecule has 1 saturated carbocycles. The van der Waals surface area contributed by atoms with Gasteiger partial charge in [-0.2, -0.15) is 0 Å². The summed E-state index contributed by atoms with van der Waals surface area (Å²) in [6.45, 7) is 1.38. The molecule has 0 bridgehead atoms. The Balaban J connectivity index is 1.22. The molecule has 2 fully saturated rings. The summed E-state index contributed by atoms with van der Waals surface area (Å²) in [5.74, 6) is -0.783. The monoisotopic (exact) mass is 428 g/mol. The van der Waals surface area contributed by atoms with E-state index in [4.69, 9.17) is 0 Å². The second kappa shape index (κ2) is 8.44. The van der Waals surface area contributed by atoms with Crippen molar-refractivity contribution >= 4 is 29.3 Å². The summed E-state index contributed by atoms with van der Waals surface area (Å²) >= 11 is 0. The third-order valence-electron chi connectivity index (χ3n) is 6.05. The van der Waals surface area contributed by atoms with Crippen LogP contribution in [0.4, 0.5) is 5.69 Å². The highest BCUT2D eigenvalue weighted by Crippen LogP contribution is 2.32. The number of nitro groups is 1. The van der Waals surface area contributed by atoms with Gasteiger partial charge in [-0.3, -0.25) is 34.2 Å². The van der Waals surface area contributed by atoms with Crippen LogP contribution in [0.5, 0.6) is 0 Å². The Hall–Kier alpha value is -3.30. The van der Waals surface area contributed by atoms with E-state index in [1.165, 1.54) is 12.1 Å². The molecule has 2 aliphatic heterocycles. The molecule has 10 heteroatoms. The van der Waals surface area contributed by atoms with E-state index < -0.39 is 16.7 Å². The number of carbonyl (C=O) groups excluding carboxylic acids is 4. The molecule has 1 saturated heterocycles. The highest BCUT2D eigenvalue weighted by Gasteiger charge is 2.37. The van der Waals surface area contributed by atoms with E-state index in [2.05, 4.69) is 5.32 Å². The second-order valence-corrected chi connectivity index (χ2v) is 8.29. The van der Waals surface area contributed by atoms with Crippen LogP contribution in [0.1, 0.15) is 59.2 Å². The van der Waals surface area contributed by atoms with Gasteiger partial charge in [-0.15, -0.1) is 0 Å². The maximum Gasteiger partial charge on any atom is 0.270 e. The molecular weight excluding hydrogens is 404 g/mol. The number of nitrogens with one attached hydrogen (secondary N) is 1. The first-order valence-corrected chi connectivity index (χ1v) is 10.6. The van der Waals surface area contributed by atoms with E-state index in [0.29, 0.717) is 19.5 Å². The highest BCUT2D eigenvalue weighted by atomic mass is 16.6. The maximum atomic E-state index is 12.5. The number of carbonyl (C=O) groups is 4. The zero-order valence-corrected chi connectivity index (χ0v) is 17.0. The average Bonchev–Trinajstić information content (AvgIpc) is 3.57. The number of fused-ring (bicyclic) bond motifs is 1. The zero-order valence-electron chi connectivity index (χ0n) is 17.0. The van der Waals surface area contributed by atoms with Crippen LogP contribution in [-0.4, -0.2) is 64.0 Å². The zero-order chi connectivity index (χ0) is 22.1. The van der Waals surface area contributed by atoms with Gasteiger partial charge >= 0.3 is 0 Å². The number of rotatable bonds is 7. The van der Waals surface area contributed by atoms with Crippen LogP contribution in [0.3, 0.4) is 0 Å². The number of piperidine rings is 1. The molecule has 0 atom stereocenters. The fourth-order valence-corrected chi connectivity index (χ4v) is 4.13. The largest absolute Gasteiger partial charge is 0.353 e. The van der Waals surface area contributed by atoms with Gasteiger partial charge in [0, 0.05) is 50.1 Å². The molecule has 1 aliphatic carbocycles. The van der Waals surface area contributed by atoms with Gasteiger partial charge in [0.25, 0.3) is 17.5 Å². The van der Waals surface area contributed by atoms with E-state index in [9.17, 15) is 29.3 Å². The summed E-state index contributed by atoms with van der Waals surface area (Å²) in [5, 5.41) is 13.9. The molecule has 0 radical (unpaired) electrons. The van der Waals surface area contributed by atoms with Gasteiger partial charge in [-0.25, -0.2) is 0 Å². The molecule has 0 spiro atoms. The first-order valence-electron chi connectivity index (χ1n) is 10.6. The molecule has 0 aromatic heterocycles. The topological polar surface area (TPSA) is 130 Å². The van der Waals surface area contributed by atoms with Gasteiger partial charge in [0.1, 0.15) is 0 Å². The Kier molecular flexibility index (Phi) is 5.71. The van der Waals surface area contributed by atoms with E-state index in [1.54, 1.807) is 0 Å². The summed E-state index contributed by atoms with van der Waals surface area (Å²) in [6.07, 6.45) is 3.88. The summed E-state index contributed by atoms with van der Waals surface area (Å²) in [7, 11) is 0. The Morgan fingerprint density at radius 2 is 1.74 bits per heavy atom. The number of imide groups is 1. The van der Waals surface area contributed by atoms with Crippen LogP contribution in [0, 0.1) is 16.0 Å². The molecule has 3 aliphatic rings. The molecule has 4 amide bonds. The third kappa shape index (κ3) is 4.42. The number of hydrogen-bond acceptors (Lipinski definition) is 6. The Morgan fingerprint density at radius 3 is 2.39 bits per heavy atom. The predicted octanol–water partition coefficient (Wildman–Crippen LogP) is 1.49. The molecule has 2 heterocycles. The normalized spacial score (nSPS) is 18.8. The number of nitrogens with zero attached hydrogens (tertiary/aromatic N) is 3. The molecule has 10 nitrogen and oxygen atoms in total. The number of nitro benzene ring substituents is 1. The van der Waals surface area contributed by atoms with Gasteiger partial charge in [0.2, 0.25) is 11.8 Å². The maximum absolute atomic E-state index is 12.5. The first-order chi connectivity index (χ1) is 14.8. The van der Waals surface area contributed by atoms with Crippen LogP contribution in [0.25, 0.3) is 0 Å². The van der Waals surface area contributed by atoms with Gasteiger partial charge in [0.15, 0.2) is 0 Å². The van der Waals surface area contributed by atoms with Gasteiger partial charge in [-0.1, -0.05) is 0 Å². The lowest BCUT2D eigenvalue weighted by Gasteiger charge is -2.32. The molecule has 1 N–H and O–H groups in total. The summed E-state index contributed by atoms with van der Waals surface area (Å²) in [6, 6.07) is 3.63. The Morgan fingerprint density at radius 1 is 1.06 bits per heavy atom. The van der Waals surface area contributed by atoms with E-state index in [0.717, 1.165) is 36.6 Å². The molecule has 0 unspecified atom stereocenters. The number of non-ortho nitro benzene ring substituents is 1. The SMILES string of the molecule is O=C(CCCN1C(=O)c2ccc([N+](=O)[O-])cc2C1=O)NC1CCN(C(=O)C2CC2)CC1. The number of hydrogen-bond donors (Lipinski definition) is 1. The number of likely N-dealkylation sites (tertiary alicyclic amines) is 1. The fraction of sp³-hybridized carbons (Fsp3) is 0.524. The summed E-state index contributed by atoms with van der Waals surface area (Å²) < 4.78 is 0. The van der Waals surface area contributed by atoms with Crippen molar-refractivity contribution in [3.05, 3.63) is 39.4 Å². The Labute approximate surface area is 178 Å². The van der Waals surface area contributed by atoms with Crippen molar-refractivity contribution < 1.29 is 24.1 Å². The van der Waals surface area contributed by atoms with Crippen LogP contribution in [0.15, 0.2) is 18.2 Å². The van der Waals surface area contributed by atoms with Crippen molar-refractivity contribution in [2.75, 3.05) is 19.6 Å². The fourth-order valence-electron chi connectivity index (χ4n) is 4.13. The lowest BCUT2D eigenvalue weighted by atomic mass is 10.0. The number of benzene rings is 1. The van der Waals surface area contributed by atoms with E-state index >= 15 is 0 Å². The Bertz CT molecular complexity index is 949. The summed E-state index contributed by atoms with van der Waals surface area (Å²) in [4.78, 5) is 62.4. The van der Waals surface area contributed by atoms with Crippen LogP contribution < -0.4 is 5.32 Å². The van der Waals surface area contributed by atoms with Crippen LogP contribution in [-0.2, 0) is 9.59 Å². The van der Waals surface area contributed by atoms with Crippen molar-refractivity contribution in [2.24, 2.45) is 5.92 Å². The van der Waals surface area contributed by atoms with Crippen molar-refractivity contribution in [1.82, 2.24) is 15.1 Å². The predicted molar refractivity (Wildman–Crippen MR) is 108 cm³/mol. The smallest absolute Gasteiger partial charge is 0.270 e. The van der Waals surface area contributed by atoms with E-state index in [-0.39, 0.29) is 53.6 Å². The minimum Gasteiger partial charge on any atom is -0.353 e. The lowest BCUT2D eigenvalue weighted by Crippen LogP contribution is -2.47. The summed E-state index contributed by atoms with van der Waals surface area (Å²) in [5.41, 5.74) is -0.0743. The van der Waals surface area contributed by atoms with Gasteiger partial charge < -0.3 is 10.2 Å². The van der Waals surface area contributed by atoms with E-state index in [1.807, 2.05) is 4.90 Å². The molecule has 31 heavy (non-hydrogen) atoms. The molecule has 4 rings (SSSR count). The lowest BCUT2D eigenvalue weighted by molar-refractivity contribution is -0.384. The van der Waals surface area contributed by atoms with Crippen molar-refractivity contribution in [2.45, 2.75) is 44.6 Å². The molecular formula is C21H24N4O6. The van der Waals surface area contributed by atoms with Crippen LogP contribution in [0.2, 0.25) is 0 Å². The third-order valence-corrected chi connectivity index (χ3v) is 6.05. The number of amides is 4. The van der Waals surface area contributed by atoms with Crippen molar-refractivity contribution in [1.29, 1.82) is 0 Å². The first kappa shape index (κ1) is 21.0. The highest BCUT2D eigenvalue weighted by molar-refractivity contribution is 6.21.